The number of rotatable bonds is 2. The van der Waals surface area contributed by atoms with Gasteiger partial charge >= 0.3 is 0 Å². The van der Waals surface area contributed by atoms with E-state index in [-0.39, 0.29) is 16.6 Å². The van der Waals surface area contributed by atoms with E-state index in [0.717, 1.165) is 12.0 Å². The Morgan fingerprint density at radius 3 is 2.50 bits per heavy atom. The molecule has 96 valence electrons. The molecular formula is C13H15NO3S. The summed E-state index contributed by atoms with van der Waals surface area (Å²) in [5.74, 6) is 0.311. The summed E-state index contributed by atoms with van der Waals surface area (Å²) >= 11 is 0. The fourth-order valence-electron chi connectivity index (χ4n) is 2.80. The third-order valence-electron chi connectivity index (χ3n) is 3.90. The first-order chi connectivity index (χ1) is 8.50. The number of Topliss-reactive ketones (excluding diaryl/α,β-unsaturated/α-hetero) is 1. The monoisotopic (exact) mass is 265 g/mol. The summed E-state index contributed by atoms with van der Waals surface area (Å²) in [6.07, 6.45) is 1.35. The second kappa shape index (κ2) is 3.90. The lowest BCUT2D eigenvalue weighted by Crippen LogP contribution is -2.50. The van der Waals surface area contributed by atoms with Crippen molar-refractivity contribution in [3.05, 3.63) is 29.8 Å². The molecule has 2 atom stereocenters. The van der Waals surface area contributed by atoms with Crippen LogP contribution in [-0.2, 0) is 14.8 Å². The van der Waals surface area contributed by atoms with Crippen LogP contribution in [0.15, 0.2) is 29.2 Å². The van der Waals surface area contributed by atoms with Crippen molar-refractivity contribution in [1.82, 2.24) is 4.31 Å². The molecule has 1 aromatic carbocycles. The van der Waals surface area contributed by atoms with Gasteiger partial charge in [0.2, 0.25) is 10.0 Å². The highest BCUT2D eigenvalue weighted by atomic mass is 32.2. The topological polar surface area (TPSA) is 54.5 Å². The van der Waals surface area contributed by atoms with Gasteiger partial charge in [0.05, 0.1) is 10.9 Å². The molecule has 0 spiro atoms. The van der Waals surface area contributed by atoms with E-state index in [0.29, 0.717) is 13.0 Å². The van der Waals surface area contributed by atoms with Crippen molar-refractivity contribution in [3.8, 4) is 0 Å². The second-order valence-corrected chi connectivity index (χ2v) is 6.98. The number of aryl methyl sites for hydroxylation is 1. The zero-order chi connectivity index (χ0) is 12.9. The van der Waals surface area contributed by atoms with Crippen LogP contribution in [0.2, 0.25) is 0 Å². The molecule has 0 radical (unpaired) electrons. The molecule has 1 saturated carbocycles. The Morgan fingerprint density at radius 2 is 1.89 bits per heavy atom. The third-order valence-corrected chi connectivity index (χ3v) is 5.79. The van der Waals surface area contributed by atoms with Gasteiger partial charge in [-0.05, 0) is 31.4 Å². The Labute approximate surface area is 107 Å². The molecule has 5 heteroatoms. The van der Waals surface area contributed by atoms with Crippen LogP contribution in [0.4, 0.5) is 0 Å². The van der Waals surface area contributed by atoms with E-state index in [1.165, 1.54) is 4.31 Å². The van der Waals surface area contributed by atoms with Gasteiger partial charge in [-0.2, -0.15) is 4.31 Å². The van der Waals surface area contributed by atoms with E-state index < -0.39 is 16.1 Å². The molecule has 3 rings (SSSR count). The van der Waals surface area contributed by atoms with E-state index in [2.05, 4.69) is 0 Å². The first kappa shape index (κ1) is 11.9. The summed E-state index contributed by atoms with van der Waals surface area (Å²) < 4.78 is 26.3. The van der Waals surface area contributed by atoms with Crippen LogP contribution < -0.4 is 0 Å². The molecule has 1 aromatic rings. The maximum Gasteiger partial charge on any atom is 0.243 e. The van der Waals surface area contributed by atoms with Crippen molar-refractivity contribution < 1.29 is 13.2 Å². The van der Waals surface area contributed by atoms with E-state index in [1.807, 2.05) is 6.92 Å². The second-order valence-electron chi connectivity index (χ2n) is 5.09. The predicted molar refractivity (Wildman–Crippen MR) is 66.6 cm³/mol. The first-order valence-electron chi connectivity index (χ1n) is 6.11. The van der Waals surface area contributed by atoms with Crippen LogP contribution in [-0.4, -0.2) is 31.1 Å². The number of hydrogen-bond acceptors (Lipinski definition) is 3. The van der Waals surface area contributed by atoms with E-state index in [9.17, 15) is 13.2 Å². The molecule has 1 heterocycles. The van der Waals surface area contributed by atoms with Crippen molar-refractivity contribution in [2.45, 2.75) is 30.7 Å². The average molecular weight is 265 g/mol. The van der Waals surface area contributed by atoms with Gasteiger partial charge in [0, 0.05) is 13.0 Å². The fraction of sp³-hybridized carbons (Fsp3) is 0.462. The van der Waals surface area contributed by atoms with Gasteiger partial charge < -0.3 is 0 Å². The molecule has 0 bridgehead atoms. The van der Waals surface area contributed by atoms with E-state index in [1.54, 1.807) is 24.3 Å². The van der Waals surface area contributed by atoms with Gasteiger partial charge in [0.1, 0.15) is 0 Å². The highest BCUT2D eigenvalue weighted by molar-refractivity contribution is 7.89. The van der Waals surface area contributed by atoms with Gasteiger partial charge in [-0.3, -0.25) is 4.79 Å². The number of sulfonamides is 1. The number of fused-ring (bicyclic) bond motifs is 1. The average Bonchev–Trinajstić information content (AvgIpc) is 2.67. The zero-order valence-corrected chi connectivity index (χ0v) is 11.0. The molecule has 0 aromatic heterocycles. The Balaban J connectivity index is 1.95. The molecule has 18 heavy (non-hydrogen) atoms. The van der Waals surface area contributed by atoms with E-state index >= 15 is 0 Å². The van der Waals surface area contributed by atoms with Gasteiger partial charge in [-0.25, -0.2) is 8.42 Å². The predicted octanol–water partition coefficient (Wildman–Crippen LogP) is 1.35. The van der Waals surface area contributed by atoms with E-state index in [4.69, 9.17) is 0 Å². The SMILES string of the molecule is Cc1ccc(S(=O)(=O)N2CCC3CC(=O)C32)cc1. The fourth-order valence-corrected chi connectivity index (χ4v) is 4.48. The molecule has 2 unspecified atom stereocenters. The minimum atomic E-state index is -3.51. The summed E-state index contributed by atoms with van der Waals surface area (Å²) in [5.41, 5.74) is 1.02. The minimum absolute atomic E-state index is 0.0631. The highest BCUT2D eigenvalue weighted by Gasteiger charge is 2.52. The number of carbonyl (C=O) groups excluding carboxylic acids is 1. The maximum absolute atomic E-state index is 12.5. The molecule has 4 nitrogen and oxygen atoms in total. The lowest BCUT2D eigenvalue weighted by atomic mass is 9.79. The number of hydrogen-bond donors (Lipinski definition) is 0. The molecule has 1 aliphatic carbocycles. The van der Waals surface area contributed by atoms with Crippen molar-refractivity contribution in [3.63, 3.8) is 0 Å². The van der Waals surface area contributed by atoms with Crippen LogP contribution in [0.25, 0.3) is 0 Å². The number of nitrogens with zero attached hydrogens (tertiary/aromatic N) is 1. The summed E-state index contributed by atoms with van der Waals surface area (Å²) in [4.78, 5) is 11.8. The first-order valence-corrected chi connectivity index (χ1v) is 7.55. The van der Waals surface area contributed by atoms with Crippen molar-refractivity contribution in [1.29, 1.82) is 0 Å². The smallest absolute Gasteiger partial charge is 0.243 e. The van der Waals surface area contributed by atoms with Crippen LogP contribution in [0.5, 0.6) is 0 Å². The molecule has 0 N–H and O–H groups in total. The quantitative estimate of drug-likeness (QED) is 0.811. The highest BCUT2D eigenvalue weighted by Crippen LogP contribution is 2.40. The number of ketones is 1. The maximum atomic E-state index is 12.5. The third kappa shape index (κ3) is 1.61. The Bertz CT molecular complexity index is 591. The summed E-state index contributed by atoms with van der Waals surface area (Å²) in [6.45, 7) is 2.38. The summed E-state index contributed by atoms with van der Waals surface area (Å²) in [6, 6.07) is 6.39. The van der Waals surface area contributed by atoms with Gasteiger partial charge in [-0.15, -0.1) is 0 Å². The standard InChI is InChI=1S/C13H15NO3S/c1-9-2-4-11(5-3-9)18(16,17)14-7-6-10-8-12(15)13(10)14/h2-5,10,13H,6-8H2,1H3. The van der Waals surface area contributed by atoms with Crippen molar-refractivity contribution in [2.24, 2.45) is 5.92 Å². The molecule has 2 aliphatic rings. The normalized spacial score (nSPS) is 27.9. The van der Waals surface area contributed by atoms with Crippen LogP contribution in [0.3, 0.4) is 0 Å². The Morgan fingerprint density at radius 1 is 1.22 bits per heavy atom. The summed E-state index contributed by atoms with van der Waals surface area (Å²) in [5, 5.41) is 0. The molecule has 1 saturated heterocycles. The van der Waals surface area contributed by atoms with Gasteiger partial charge in [-0.1, -0.05) is 17.7 Å². The van der Waals surface area contributed by atoms with Gasteiger partial charge in [0.25, 0.3) is 0 Å². The molecule has 2 fully saturated rings. The summed E-state index contributed by atoms with van der Waals surface area (Å²) in [7, 11) is -3.51. The van der Waals surface area contributed by atoms with Crippen LogP contribution in [0.1, 0.15) is 18.4 Å². The largest absolute Gasteiger partial charge is 0.298 e. The van der Waals surface area contributed by atoms with Crippen LogP contribution >= 0.6 is 0 Å². The van der Waals surface area contributed by atoms with Crippen LogP contribution in [0, 0.1) is 12.8 Å². The van der Waals surface area contributed by atoms with Gasteiger partial charge in [0.15, 0.2) is 5.78 Å². The number of benzene rings is 1. The lowest BCUT2D eigenvalue weighted by molar-refractivity contribution is -0.130. The molecular weight excluding hydrogens is 250 g/mol. The molecule has 0 amide bonds. The van der Waals surface area contributed by atoms with Crippen molar-refractivity contribution in [2.75, 3.05) is 6.54 Å². The zero-order valence-electron chi connectivity index (χ0n) is 10.2. The van der Waals surface area contributed by atoms with Crippen molar-refractivity contribution >= 4 is 15.8 Å². The number of carbonyl (C=O) groups is 1. The minimum Gasteiger partial charge on any atom is -0.298 e. The Hall–Kier alpha value is -1.20. The Kier molecular flexibility index (Phi) is 2.57. The molecule has 1 aliphatic heterocycles. The lowest BCUT2D eigenvalue weighted by Gasteiger charge is -2.33.